The van der Waals surface area contributed by atoms with E-state index in [0.717, 1.165) is 37.3 Å². The van der Waals surface area contributed by atoms with Gasteiger partial charge in [0.1, 0.15) is 0 Å². The Balaban J connectivity index is 0.00000144. The van der Waals surface area contributed by atoms with Crippen LogP contribution in [0.2, 0.25) is 0 Å². The number of piperidine rings is 1. The van der Waals surface area contributed by atoms with Gasteiger partial charge in [0, 0.05) is 19.0 Å². The molecule has 1 aliphatic carbocycles. The van der Waals surface area contributed by atoms with Gasteiger partial charge in [-0.3, -0.25) is 4.79 Å². The third-order valence-corrected chi connectivity index (χ3v) is 5.12. The second-order valence-corrected chi connectivity index (χ2v) is 6.58. The molecule has 1 saturated heterocycles. The van der Waals surface area contributed by atoms with Crippen molar-refractivity contribution in [1.82, 2.24) is 5.32 Å². The number of amides is 1. The van der Waals surface area contributed by atoms with Crippen molar-refractivity contribution >= 4 is 42.1 Å². The van der Waals surface area contributed by atoms with Crippen LogP contribution in [-0.4, -0.2) is 32.1 Å². The molecule has 1 aromatic rings. The highest BCUT2D eigenvalue weighted by atomic mass is 35.5. The van der Waals surface area contributed by atoms with Crippen LogP contribution in [0.1, 0.15) is 38.5 Å². The van der Waals surface area contributed by atoms with Gasteiger partial charge in [-0.25, -0.2) is 0 Å². The summed E-state index contributed by atoms with van der Waals surface area (Å²) in [6.07, 6.45) is 7.02. The smallest absolute Gasteiger partial charge is 0.227 e. The van der Waals surface area contributed by atoms with Gasteiger partial charge in [0.15, 0.2) is 0 Å². The minimum Gasteiger partial charge on any atom is -0.370 e. The molecule has 2 aliphatic rings. The summed E-state index contributed by atoms with van der Waals surface area (Å²) in [5.41, 5.74) is 2.11. The van der Waals surface area contributed by atoms with Gasteiger partial charge in [-0.15, -0.1) is 24.8 Å². The van der Waals surface area contributed by atoms with Crippen molar-refractivity contribution in [3.63, 3.8) is 0 Å². The Labute approximate surface area is 157 Å². The number of benzene rings is 1. The van der Waals surface area contributed by atoms with Crippen LogP contribution in [0.25, 0.3) is 0 Å². The zero-order chi connectivity index (χ0) is 15.4. The summed E-state index contributed by atoms with van der Waals surface area (Å²) in [5.74, 6) is 0.319. The molecule has 1 saturated carbocycles. The van der Waals surface area contributed by atoms with E-state index in [1.54, 1.807) is 0 Å². The maximum atomic E-state index is 12.5. The summed E-state index contributed by atoms with van der Waals surface area (Å²) in [5, 5.41) is 6.49. The minimum absolute atomic E-state index is 0. The van der Waals surface area contributed by atoms with Crippen molar-refractivity contribution in [1.29, 1.82) is 0 Å². The average molecular weight is 374 g/mol. The number of nitrogens with one attached hydrogen (secondary N) is 2. The van der Waals surface area contributed by atoms with Crippen LogP contribution >= 0.6 is 24.8 Å². The molecular formula is C18H29Cl2N3O. The largest absolute Gasteiger partial charge is 0.370 e. The molecule has 0 atom stereocenters. The van der Waals surface area contributed by atoms with Crippen LogP contribution in [0.15, 0.2) is 24.3 Å². The predicted octanol–water partition coefficient (Wildman–Crippen LogP) is 3.85. The van der Waals surface area contributed by atoms with E-state index in [2.05, 4.69) is 34.7 Å². The van der Waals surface area contributed by atoms with E-state index in [1.165, 1.54) is 25.7 Å². The van der Waals surface area contributed by atoms with Crippen molar-refractivity contribution in [3.8, 4) is 0 Å². The first-order chi connectivity index (χ1) is 10.8. The van der Waals surface area contributed by atoms with E-state index in [-0.39, 0.29) is 36.6 Å². The summed E-state index contributed by atoms with van der Waals surface area (Å²) in [4.78, 5) is 14.9. The zero-order valence-electron chi connectivity index (χ0n) is 14.3. The fourth-order valence-electron chi connectivity index (χ4n) is 3.69. The molecule has 0 spiro atoms. The molecule has 1 heterocycles. The molecular weight excluding hydrogens is 345 g/mol. The van der Waals surface area contributed by atoms with E-state index in [4.69, 9.17) is 0 Å². The number of para-hydroxylation sites is 2. The maximum Gasteiger partial charge on any atom is 0.227 e. The SMILES string of the molecule is CN(c1ccccc1NC(=O)C1CCNCC1)C1CCCC1.Cl.Cl. The number of carbonyl (C=O) groups excluding carboxylic acids is 1. The van der Waals surface area contributed by atoms with E-state index in [1.807, 2.05) is 12.1 Å². The highest BCUT2D eigenvalue weighted by Gasteiger charge is 2.24. The van der Waals surface area contributed by atoms with E-state index in [9.17, 15) is 4.79 Å². The van der Waals surface area contributed by atoms with Gasteiger partial charge in [-0.05, 0) is 50.9 Å². The van der Waals surface area contributed by atoms with Gasteiger partial charge in [0.05, 0.1) is 11.4 Å². The highest BCUT2D eigenvalue weighted by molar-refractivity contribution is 5.95. The highest BCUT2D eigenvalue weighted by Crippen LogP contribution is 2.32. The van der Waals surface area contributed by atoms with Gasteiger partial charge in [0.2, 0.25) is 5.91 Å². The fourth-order valence-corrected chi connectivity index (χ4v) is 3.69. The molecule has 24 heavy (non-hydrogen) atoms. The topological polar surface area (TPSA) is 44.4 Å². The number of anilines is 2. The molecule has 6 heteroatoms. The van der Waals surface area contributed by atoms with E-state index < -0.39 is 0 Å². The summed E-state index contributed by atoms with van der Waals surface area (Å²) < 4.78 is 0. The number of hydrogen-bond acceptors (Lipinski definition) is 3. The lowest BCUT2D eigenvalue weighted by molar-refractivity contribution is -0.120. The molecule has 0 radical (unpaired) electrons. The van der Waals surface area contributed by atoms with Gasteiger partial charge in [0.25, 0.3) is 0 Å². The monoisotopic (exact) mass is 373 g/mol. The second kappa shape index (κ2) is 10.1. The molecule has 4 nitrogen and oxygen atoms in total. The number of halogens is 2. The first-order valence-corrected chi connectivity index (χ1v) is 8.59. The Morgan fingerprint density at radius 2 is 1.71 bits per heavy atom. The third kappa shape index (κ3) is 5.01. The zero-order valence-corrected chi connectivity index (χ0v) is 15.9. The van der Waals surface area contributed by atoms with Crippen LogP contribution in [0, 0.1) is 5.92 Å². The van der Waals surface area contributed by atoms with E-state index in [0.29, 0.717) is 6.04 Å². The quantitative estimate of drug-likeness (QED) is 0.842. The Hall–Kier alpha value is -0.970. The van der Waals surface area contributed by atoms with Gasteiger partial charge >= 0.3 is 0 Å². The summed E-state index contributed by atoms with van der Waals surface area (Å²) in [7, 11) is 2.16. The first kappa shape index (κ1) is 21.1. The average Bonchev–Trinajstić information content (AvgIpc) is 3.10. The second-order valence-electron chi connectivity index (χ2n) is 6.58. The Kier molecular flexibility index (Phi) is 8.88. The lowest BCUT2D eigenvalue weighted by Gasteiger charge is -2.29. The lowest BCUT2D eigenvalue weighted by Crippen LogP contribution is -2.35. The van der Waals surface area contributed by atoms with Crippen molar-refractivity contribution in [2.24, 2.45) is 5.92 Å². The minimum atomic E-state index is 0. The number of hydrogen-bond donors (Lipinski definition) is 2. The van der Waals surface area contributed by atoms with Crippen molar-refractivity contribution in [3.05, 3.63) is 24.3 Å². The van der Waals surface area contributed by atoms with Crippen LogP contribution in [0.4, 0.5) is 11.4 Å². The molecule has 0 unspecified atom stereocenters. The van der Waals surface area contributed by atoms with Gasteiger partial charge < -0.3 is 15.5 Å². The molecule has 2 fully saturated rings. The predicted molar refractivity (Wildman–Crippen MR) is 106 cm³/mol. The summed E-state index contributed by atoms with van der Waals surface area (Å²) in [6, 6.07) is 8.82. The number of nitrogens with zero attached hydrogens (tertiary/aromatic N) is 1. The Bertz CT molecular complexity index is 515. The van der Waals surface area contributed by atoms with Crippen molar-refractivity contribution in [2.75, 3.05) is 30.4 Å². The summed E-state index contributed by atoms with van der Waals surface area (Å²) in [6.45, 7) is 1.89. The first-order valence-electron chi connectivity index (χ1n) is 8.59. The number of rotatable bonds is 4. The molecule has 1 aliphatic heterocycles. The molecule has 1 aromatic carbocycles. The van der Waals surface area contributed by atoms with Crippen LogP contribution in [0.3, 0.4) is 0 Å². The number of carbonyl (C=O) groups is 1. The van der Waals surface area contributed by atoms with Crippen LogP contribution in [-0.2, 0) is 4.79 Å². The molecule has 0 bridgehead atoms. The third-order valence-electron chi connectivity index (χ3n) is 5.12. The Morgan fingerprint density at radius 3 is 2.38 bits per heavy atom. The molecule has 2 N–H and O–H groups in total. The molecule has 1 amide bonds. The normalized spacial score (nSPS) is 18.4. The lowest BCUT2D eigenvalue weighted by atomic mass is 9.97. The van der Waals surface area contributed by atoms with E-state index >= 15 is 0 Å². The van der Waals surface area contributed by atoms with Crippen molar-refractivity contribution < 1.29 is 4.79 Å². The maximum absolute atomic E-state index is 12.5. The summed E-state index contributed by atoms with van der Waals surface area (Å²) >= 11 is 0. The van der Waals surface area contributed by atoms with Crippen molar-refractivity contribution in [2.45, 2.75) is 44.6 Å². The van der Waals surface area contributed by atoms with Gasteiger partial charge in [-0.1, -0.05) is 25.0 Å². The molecule has 0 aromatic heterocycles. The molecule has 136 valence electrons. The fraction of sp³-hybridized carbons (Fsp3) is 0.611. The van der Waals surface area contributed by atoms with Crippen LogP contribution in [0.5, 0.6) is 0 Å². The van der Waals surface area contributed by atoms with Gasteiger partial charge in [-0.2, -0.15) is 0 Å². The van der Waals surface area contributed by atoms with Crippen LogP contribution < -0.4 is 15.5 Å². The molecule has 3 rings (SSSR count). The Morgan fingerprint density at radius 1 is 1.08 bits per heavy atom. The standard InChI is InChI=1S/C18H27N3O.2ClH/c1-21(15-6-2-3-7-15)17-9-5-4-8-16(17)20-18(22)14-10-12-19-13-11-14;;/h4-5,8-9,14-15,19H,2-3,6-7,10-13H2,1H3,(H,20,22);2*1H.